The molecule has 2 atom stereocenters. The number of piperazine rings is 1. The van der Waals surface area contributed by atoms with E-state index in [1.807, 2.05) is 68.1 Å². The molecule has 0 aliphatic carbocycles. The summed E-state index contributed by atoms with van der Waals surface area (Å²) in [5.41, 5.74) is 10.1. The number of carbonyl (C=O) groups is 1. The summed E-state index contributed by atoms with van der Waals surface area (Å²) >= 11 is 0. The van der Waals surface area contributed by atoms with Crippen molar-refractivity contribution >= 4 is 23.5 Å². The molecule has 1 fully saturated rings. The first-order chi connectivity index (χ1) is 19.7. The van der Waals surface area contributed by atoms with E-state index in [9.17, 15) is 4.79 Å². The average Bonchev–Trinajstić information content (AvgIpc) is 2.97. The van der Waals surface area contributed by atoms with Gasteiger partial charge in [-0.1, -0.05) is 72.8 Å². The van der Waals surface area contributed by atoms with Crippen LogP contribution in [-0.4, -0.2) is 43.2 Å². The summed E-state index contributed by atoms with van der Waals surface area (Å²) in [5, 5.41) is 7.67. The van der Waals surface area contributed by atoms with Crippen LogP contribution in [0.4, 0.5) is 11.4 Å². The van der Waals surface area contributed by atoms with Gasteiger partial charge in [0.25, 0.3) is 0 Å². The van der Waals surface area contributed by atoms with Crippen molar-refractivity contribution in [1.29, 1.82) is 5.41 Å². The van der Waals surface area contributed by atoms with Crippen LogP contribution in [0.1, 0.15) is 42.0 Å². The summed E-state index contributed by atoms with van der Waals surface area (Å²) in [6.45, 7) is 20.5. The van der Waals surface area contributed by atoms with Gasteiger partial charge in [0.2, 0.25) is 5.91 Å². The Balaban J connectivity index is 1.54. The lowest BCUT2D eigenvalue weighted by atomic mass is 9.72. The molecule has 1 saturated heterocycles. The topological polar surface area (TPSA) is 50.6 Å². The van der Waals surface area contributed by atoms with Crippen LogP contribution in [0.3, 0.4) is 0 Å². The molecule has 210 valence electrons. The minimum atomic E-state index is -0.484. The number of amides is 1. The summed E-state index contributed by atoms with van der Waals surface area (Å²) < 4.78 is 0. The predicted octanol–water partition coefficient (Wildman–Crippen LogP) is 7.23. The molecule has 0 radical (unpaired) electrons. The highest BCUT2D eigenvalue weighted by Gasteiger charge is 2.45. The van der Waals surface area contributed by atoms with Crippen molar-refractivity contribution in [3.8, 4) is 0 Å². The second-order valence-corrected chi connectivity index (χ2v) is 11.4. The highest BCUT2D eigenvalue weighted by Crippen LogP contribution is 2.47. The summed E-state index contributed by atoms with van der Waals surface area (Å²) in [6.07, 6.45) is 1.35. The van der Waals surface area contributed by atoms with E-state index < -0.39 is 5.92 Å². The molecule has 2 aliphatic heterocycles. The minimum Gasteiger partial charge on any atom is -0.371 e. The van der Waals surface area contributed by atoms with Crippen LogP contribution in [0.15, 0.2) is 108 Å². The Morgan fingerprint density at radius 2 is 1.51 bits per heavy atom. The van der Waals surface area contributed by atoms with Gasteiger partial charge < -0.3 is 15.2 Å². The number of rotatable bonds is 7. The van der Waals surface area contributed by atoms with Crippen molar-refractivity contribution in [1.82, 2.24) is 4.90 Å². The number of carbonyl (C=O) groups excluding carboxylic acids is 1. The van der Waals surface area contributed by atoms with Crippen LogP contribution >= 0.6 is 0 Å². The molecular weight excluding hydrogens is 504 g/mol. The lowest BCUT2D eigenvalue weighted by Crippen LogP contribution is -2.51. The Morgan fingerprint density at radius 1 is 0.854 bits per heavy atom. The maximum Gasteiger partial charge on any atom is 0.241 e. The Labute approximate surface area is 244 Å². The highest BCUT2D eigenvalue weighted by atomic mass is 16.2. The first kappa shape index (κ1) is 28.2. The number of anilines is 2. The molecule has 1 amide bonds. The van der Waals surface area contributed by atoms with Gasteiger partial charge in [-0.2, -0.15) is 0 Å². The standard InChI is InChI=1S/C36H40N4O/c1-24(2)33-28(6)40(32-9-7-8-26(4)22-32)36(41)34(35(33)30-14-12-29(23-37)13-15-30)27(5)38-18-20-39(21-19-38)31-16-10-25(3)11-17-31/h7-17,22-23,34-35,37H,1,5,18-21H2,2-4,6H3. The van der Waals surface area contributed by atoms with Crippen molar-refractivity contribution in [2.24, 2.45) is 5.92 Å². The van der Waals surface area contributed by atoms with Crippen molar-refractivity contribution in [2.45, 2.75) is 33.6 Å². The Morgan fingerprint density at radius 3 is 2.10 bits per heavy atom. The van der Waals surface area contributed by atoms with Crippen molar-refractivity contribution < 1.29 is 4.79 Å². The van der Waals surface area contributed by atoms with E-state index >= 15 is 0 Å². The quantitative estimate of drug-likeness (QED) is 0.319. The number of nitrogens with one attached hydrogen (secondary N) is 1. The van der Waals surface area contributed by atoms with Gasteiger partial charge in [-0.15, -0.1) is 0 Å². The zero-order valence-corrected chi connectivity index (χ0v) is 24.7. The van der Waals surface area contributed by atoms with Crippen LogP contribution in [0.25, 0.3) is 0 Å². The Hall–Kier alpha value is -4.38. The molecule has 3 aromatic rings. The van der Waals surface area contributed by atoms with Crippen molar-refractivity contribution in [3.63, 3.8) is 0 Å². The van der Waals surface area contributed by atoms with E-state index in [2.05, 4.69) is 60.2 Å². The van der Waals surface area contributed by atoms with E-state index in [0.29, 0.717) is 0 Å². The van der Waals surface area contributed by atoms with Crippen LogP contribution in [-0.2, 0) is 4.79 Å². The summed E-state index contributed by atoms with van der Waals surface area (Å²) in [7, 11) is 0. The summed E-state index contributed by atoms with van der Waals surface area (Å²) in [4.78, 5) is 21.2. The van der Waals surface area contributed by atoms with Crippen LogP contribution in [0, 0.1) is 25.2 Å². The van der Waals surface area contributed by atoms with Gasteiger partial charge in [0.1, 0.15) is 0 Å². The van der Waals surface area contributed by atoms with Crippen LogP contribution in [0.5, 0.6) is 0 Å². The van der Waals surface area contributed by atoms with Gasteiger partial charge in [0.15, 0.2) is 0 Å². The van der Waals surface area contributed by atoms with E-state index in [1.54, 1.807) is 0 Å². The van der Waals surface area contributed by atoms with Gasteiger partial charge >= 0.3 is 0 Å². The molecule has 1 N–H and O–H groups in total. The number of hydrogen-bond acceptors (Lipinski definition) is 4. The third kappa shape index (κ3) is 5.49. The second-order valence-electron chi connectivity index (χ2n) is 11.4. The minimum absolute atomic E-state index is 0.0326. The molecule has 3 aromatic carbocycles. The average molecular weight is 545 g/mol. The monoisotopic (exact) mass is 544 g/mol. The SMILES string of the molecule is C=C(C)C1=C(C)N(c2cccc(C)c2)C(=O)C(C(=C)N2CCN(c3ccc(C)cc3)CC2)C1c1ccc(C=N)cc1. The smallest absolute Gasteiger partial charge is 0.241 e. The zero-order valence-electron chi connectivity index (χ0n) is 24.7. The number of nitrogens with zero attached hydrogens (tertiary/aromatic N) is 3. The molecule has 5 rings (SSSR count). The van der Waals surface area contributed by atoms with E-state index in [0.717, 1.165) is 71.1 Å². The number of benzene rings is 3. The Kier molecular flexibility index (Phi) is 7.98. The maximum absolute atomic E-state index is 14.7. The summed E-state index contributed by atoms with van der Waals surface area (Å²) in [5.74, 6) is -0.670. The third-order valence-electron chi connectivity index (χ3n) is 8.48. The molecule has 0 saturated carbocycles. The molecule has 2 unspecified atom stereocenters. The van der Waals surface area contributed by atoms with Gasteiger partial charge in [0.05, 0.1) is 5.92 Å². The number of allylic oxidation sites excluding steroid dienone is 3. The molecule has 2 aliphatic rings. The molecule has 0 spiro atoms. The largest absolute Gasteiger partial charge is 0.371 e. The van der Waals surface area contributed by atoms with Crippen molar-refractivity contribution in [2.75, 3.05) is 36.0 Å². The molecule has 0 aromatic heterocycles. The lowest BCUT2D eigenvalue weighted by Gasteiger charge is -2.46. The third-order valence-corrected chi connectivity index (χ3v) is 8.48. The second kappa shape index (κ2) is 11.6. The summed E-state index contributed by atoms with van der Waals surface area (Å²) in [6, 6.07) is 24.8. The van der Waals surface area contributed by atoms with E-state index in [1.165, 1.54) is 17.5 Å². The molecule has 0 bridgehead atoms. The highest BCUT2D eigenvalue weighted by molar-refractivity contribution is 6.02. The molecule has 2 heterocycles. The predicted molar refractivity (Wildman–Crippen MR) is 171 cm³/mol. The van der Waals surface area contributed by atoms with E-state index in [-0.39, 0.29) is 11.8 Å². The van der Waals surface area contributed by atoms with Crippen molar-refractivity contribution in [3.05, 3.63) is 131 Å². The first-order valence-corrected chi connectivity index (χ1v) is 14.3. The van der Waals surface area contributed by atoms with E-state index in [4.69, 9.17) is 5.41 Å². The first-order valence-electron chi connectivity index (χ1n) is 14.3. The Bertz CT molecular complexity index is 1510. The zero-order chi connectivity index (χ0) is 29.3. The van der Waals surface area contributed by atoms with Gasteiger partial charge in [-0.05, 0) is 74.2 Å². The molecule has 5 heteroatoms. The number of aryl methyl sites for hydroxylation is 2. The normalized spacial score (nSPS) is 19.4. The fourth-order valence-electron chi connectivity index (χ4n) is 6.32. The van der Waals surface area contributed by atoms with Crippen LogP contribution in [0.2, 0.25) is 0 Å². The lowest BCUT2D eigenvalue weighted by molar-refractivity contribution is -0.122. The van der Waals surface area contributed by atoms with Gasteiger partial charge in [-0.25, -0.2) is 0 Å². The van der Waals surface area contributed by atoms with Crippen LogP contribution < -0.4 is 9.80 Å². The maximum atomic E-state index is 14.7. The van der Waals surface area contributed by atoms with Gasteiger partial charge in [0, 0.05) is 61.1 Å². The molecular formula is C36H40N4O. The number of hydrogen-bond donors (Lipinski definition) is 1. The van der Waals surface area contributed by atoms with Gasteiger partial charge in [-0.3, -0.25) is 9.69 Å². The fourth-order valence-corrected chi connectivity index (χ4v) is 6.32. The molecule has 5 nitrogen and oxygen atoms in total. The fraction of sp³-hybridized carbons (Fsp3) is 0.278. The molecule has 41 heavy (non-hydrogen) atoms.